The van der Waals surface area contributed by atoms with Crippen molar-refractivity contribution in [2.75, 3.05) is 0 Å². The minimum Gasteiger partial charge on any atom is -0.239 e. The molecule has 1 aliphatic carbocycles. The van der Waals surface area contributed by atoms with Gasteiger partial charge in [-0.25, -0.2) is 15.8 Å². The Morgan fingerprint density at radius 1 is 1.23 bits per heavy atom. The van der Waals surface area contributed by atoms with Crippen molar-refractivity contribution in [2.45, 2.75) is 30.8 Å². The summed E-state index contributed by atoms with van der Waals surface area (Å²) in [5.74, 6) is 0.593. The van der Waals surface area contributed by atoms with Gasteiger partial charge < -0.3 is 0 Å². The standard InChI is InChI=1S/C15H14ClN5S/c16-10-5-3-9(4-6-10)15-18-13(14(22-15)8-1-2-8)12-11(7-17)19-21-20-12/h3-6,8,11-12,19-21H,1-2H2. The Kier molecular flexibility index (Phi) is 3.60. The number of hydrogen-bond donors (Lipinski definition) is 3. The first-order valence-corrected chi connectivity index (χ1v) is 8.38. The zero-order chi connectivity index (χ0) is 15.1. The summed E-state index contributed by atoms with van der Waals surface area (Å²) < 4.78 is 0. The average Bonchev–Trinajstić information content (AvgIpc) is 3.11. The lowest BCUT2D eigenvalue weighted by atomic mass is 10.1. The highest BCUT2D eigenvalue weighted by Crippen LogP contribution is 2.48. The maximum Gasteiger partial charge on any atom is 0.131 e. The highest BCUT2D eigenvalue weighted by molar-refractivity contribution is 7.15. The van der Waals surface area contributed by atoms with Gasteiger partial charge >= 0.3 is 0 Å². The van der Waals surface area contributed by atoms with Gasteiger partial charge in [-0.15, -0.1) is 11.3 Å². The van der Waals surface area contributed by atoms with Crippen LogP contribution in [0.25, 0.3) is 10.6 Å². The monoisotopic (exact) mass is 331 g/mol. The molecule has 2 atom stereocenters. The van der Waals surface area contributed by atoms with E-state index >= 15 is 0 Å². The van der Waals surface area contributed by atoms with Crippen LogP contribution in [0.1, 0.15) is 35.4 Å². The summed E-state index contributed by atoms with van der Waals surface area (Å²) in [5, 5.41) is 11.0. The SMILES string of the molecule is N#CC1NNNC1c1nc(-c2ccc(Cl)cc2)sc1C1CC1. The number of rotatable bonds is 3. The summed E-state index contributed by atoms with van der Waals surface area (Å²) in [6, 6.07) is 9.55. The van der Waals surface area contributed by atoms with Gasteiger partial charge in [0.05, 0.1) is 17.8 Å². The van der Waals surface area contributed by atoms with Crippen molar-refractivity contribution in [1.82, 2.24) is 21.4 Å². The molecule has 112 valence electrons. The summed E-state index contributed by atoms with van der Waals surface area (Å²) in [6.07, 6.45) is 2.42. The van der Waals surface area contributed by atoms with Gasteiger partial charge in [-0.05, 0) is 30.9 Å². The normalized spacial score (nSPS) is 24.4. The Morgan fingerprint density at radius 2 is 2.00 bits per heavy atom. The molecule has 1 saturated carbocycles. The van der Waals surface area contributed by atoms with E-state index in [1.165, 1.54) is 17.7 Å². The van der Waals surface area contributed by atoms with Crippen LogP contribution in [0.15, 0.2) is 24.3 Å². The lowest BCUT2D eigenvalue weighted by molar-refractivity contribution is 0.548. The molecule has 7 heteroatoms. The first-order valence-electron chi connectivity index (χ1n) is 7.18. The molecule has 1 aromatic heterocycles. The maximum atomic E-state index is 9.27. The van der Waals surface area contributed by atoms with E-state index in [1.54, 1.807) is 11.3 Å². The topological polar surface area (TPSA) is 72.8 Å². The van der Waals surface area contributed by atoms with Crippen LogP contribution in [0, 0.1) is 11.3 Å². The molecule has 1 saturated heterocycles. The van der Waals surface area contributed by atoms with Crippen molar-refractivity contribution in [3.63, 3.8) is 0 Å². The zero-order valence-corrected chi connectivity index (χ0v) is 13.2. The van der Waals surface area contributed by atoms with E-state index in [0.717, 1.165) is 21.3 Å². The van der Waals surface area contributed by atoms with Gasteiger partial charge in [0.1, 0.15) is 11.0 Å². The fraction of sp³-hybridized carbons (Fsp3) is 0.333. The molecule has 0 bridgehead atoms. The van der Waals surface area contributed by atoms with Crippen LogP contribution in [0.5, 0.6) is 0 Å². The lowest BCUT2D eigenvalue weighted by Crippen LogP contribution is -2.32. The Balaban J connectivity index is 1.74. The number of thiazole rings is 1. The second-order valence-corrected chi connectivity index (χ2v) is 7.01. The fourth-order valence-electron chi connectivity index (χ4n) is 2.62. The Morgan fingerprint density at radius 3 is 2.68 bits per heavy atom. The number of aromatic nitrogens is 1. The molecule has 2 aliphatic rings. The van der Waals surface area contributed by atoms with Crippen molar-refractivity contribution in [1.29, 1.82) is 5.26 Å². The molecule has 1 aliphatic heterocycles. The predicted octanol–water partition coefficient (Wildman–Crippen LogP) is 2.89. The Hall–Kier alpha value is -1.49. The summed E-state index contributed by atoms with van der Waals surface area (Å²) in [6.45, 7) is 0. The van der Waals surface area contributed by atoms with Crippen molar-refractivity contribution in [3.8, 4) is 16.6 Å². The third-order valence-corrected chi connectivity index (χ3v) is 5.48. The van der Waals surface area contributed by atoms with Gasteiger partial charge in [0, 0.05) is 15.5 Å². The number of hydrogen-bond acceptors (Lipinski definition) is 6. The Labute approximate surface area is 137 Å². The highest BCUT2D eigenvalue weighted by Gasteiger charge is 2.37. The van der Waals surface area contributed by atoms with Gasteiger partial charge in [0.25, 0.3) is 0 Å². The molecule has 22 heavy (non-hydrogen) atoms. The fourth-order valence-corrected chi connectivity index (χ4v) is 4.03. The van der Waals surface area contributed by atoms with Crippen molar-refractivity contribution < 1.29 is 0 Å². The molecule has 2 heterocycles. The predicted molar refractivity (Wildman–Crippen MR) is 86.1 cm³/mol. The summed E-state index contributed by atoms with van der Waals surface area (Å²) >= 11 is 7.69. The number of nitrogens with zero attached hydrogens (tertiary/aromatic N) is 2. The molecule has 2 unspecified atom stereocenters. The molecule has 5 nitrogen and oxygen atoms in total. The second kappa shape index (κ2) is 5.61. The van der Waals surface area contributed by atoms with Crippen molar-refractivity contribution in [3.05, 3.63) is 39.9 Å². The minimum atomic E-state index is -0.322. The molecule has 2 aromatic rings. The molecule has 1 aromatic carbocycles. The number of benzene rings is 1. The summed E-state index contributed by atoms with van der Waals surface area (Å²) in [4.78, 5) is 6.13. The van der Waals surface area contributed by atoms with Gasteiger partial charge in [-0.1, -0.05) is 23.7 Å². The summed E-state index contributed by atoms with van der Waals surface area (Å²) in [5.41, 5.74) is 10.9. The number of nitriles is 1. The molecular formula is C15H14ClN5S. The third kappa shape index (κ3) is 2.51. The molecule has 4 rings (SSSR count). The van der Waals surface area contributed by atoms with E-state index in [4.69, 9.17) is 16.6 Å². The molecular weight excluding hydrogens is 318 g/mol. The van der Waals surface area contributed by atoms with Gasteiger partial charge in [-0.2, -0.15) is 10.8 Å². The average molecular weight is 332 g/mol. The Bertz CT molecular complexity index is 731. The van der Waals surface area contributed by atoms with Crippen LogP contribution in [-0.2, 0) is 0 Å². The van der Waals surface area contributed by atoms with Crippen LogP contribution >= 0.6 is 22.9 Å². The lowest BCUT2D eigenvalue weighted by Gasteiger charge is -2.11. The largest absolute Gasteiger partial charge is 0.239 e. The van der Waals surface area contributed by atoms with E-state index in [-0.39, 0.29) is 12.1 Å². The zero-order valence-electron chi connectivity index (χ0n) is 11.6. The molecule has 2 fully saturated rings. The summed E-state index contributed by atoms with van der Waals surface area (Å²) in [7, 11) is 0. The van der Waals surface area contributed by atoms with Gasteiger partial charge in [-0.3, -0.25) is 0 Å². The number of halogens is 1. The number of hydrazine groups is 2. The van der Waals surface area contributed by atoms with Crippen LogP contribution < -0.4 is 16.4 Å². The first kappa shape index (κ1) is 14.1. The third-order valence-electron chi connectivity index (χ3n) is 3.94. The first-order chi connectivity index (χ1) is 10.8. The van der Waals surface area contributed by atoms with E-state index in [2.05, 4.69) is 22.5 Å². The van der Waals surface area contributed by atoms with Crippen LogP contribution in [0.4, 0.5) is 0 Å². The van der Waals surface area contributed by atoms with Gasteiger partial charge in [0.15, 0.2) is 0 Å². The molecule has 0 radical (unpaired) electrons. The van der Waals surface area contributed by atoms with Gasteiger partial charge in [0.2, 0.25) is 0 Å². The van der Waals surface area contributed by atoms with E-state index in [1.807, 2.05) is 24.3 Å². The minimum absolute atomic E-state index is 0.127. The quantitative estimate of drug-likeness (QED) is 0.806. The van der Waals surface area contributed by atoms with Crippen LogP contribution in [0.3, 0.4) is 0 Å². The second-order valence-electron chi connectivity index (χ2n) is 5.55. The molecule has 0 spiro atoms. The number of nitrogens with one attached hydrogen (secondary N) is 3. The van der Waals surface area contributed by atoms with E-state index < -0.39 is 0 Å². The van der Waals surface area contributed by atoms with Crippen molar-refractivity contribution >= 4 is 22.9 Å². The smallest absolute Gasteiger partial charge is 0.131 e. The van der Waals surface area contributed by atoms with Crippen LogP contribution in [-0.4, -0.2) is 11.0 Å². The van der Waals surface area contributed by atoms with E-state index in [0.29, 0.717) is 5.92 Å². The molecule has 0 amide bonds. The highest BCUT2D eigenvalue weighted by atomic mass is 35.5. The van der Waals surface area contributed by atoms with Crippen LogP contribution in [0.2, 0.25) is 5.02 Å². The van der Waals surface area contributed by atoms with E-state index in [9.17, 15) is 5.26 Å². The molecule has 3 N–H and O–H groups in total. The van der Waals surface area contributed by atoms with Crippen molar-refractivity contribution in [2.24, 2.45) is 0 Å². The maximum absolute atomic E-state index is 9.27.